The molecule has 1 aromatic rings. The highest BCUT2D eigenvalue weighted by Gasteiger charge is 2.16. The van der Waals surface area contributed by atoms with Crippen molar-refractivity contribution in [3.8, 4) is 0 Å². The van der Waals surface area contributed by atoms with Gasteiger partial charge in [0, 0.05) is 11.6 Å². The molecular formula is C14H22FN. The van der Waals surface area contributed by atoms with Crippen molar-refractivity contribution in [1.29, 1.82) is 0 Å². The van der Waals surface area contributed by atoms with E-state index in [0.29, 0.717) is 5.56 Å². The quantitative estimate of drug-likeness (QED) is 0.824. The lowest BCUT2D eigenvalue weighted by Gasteiger charge is -2.21. The van der Waals surface area contributed by atoms with Gasteiger partial charge in [-0.2, -0.15) is 0 Å². The van der Waals surface area contributed by atoms with Crippen molar-refractivity contribution in [2.75, 3.05) is 0 Å². The fourth-order valence-electron chi connectivity index (χ4n) is 1.69. The van der Waals surface area contributed by atoms with Crippen LogP contribution in [0.15, 0.2) is 18.2 Å². The summed E-state index contributed by atoms with van der Waals surface area (Å²) in [6.45, 7) is 8.48. The Balaban J connectivity index is 2.73. The van der Waals surface area contributed by atoms with Crippen molar-refractivity contribution in [2.24, 2.45) is 11.1 Å². The Morgan fingerprint density at radius 2 is 1.94 bits per heavy atom. The van der Waals surface area contributed by atoms with Gasteiger partial charge in [-0.15, -0.1) is 0 Å². The summed E-state index contributed by atoms with van der Waals surface area (Å²) in [5.74, 6) is -0.188. The number of nitrogens with two attached hydrogens (primary N) is 1. The maximum Gasteiger partial charge on any atom is 0.127 e. The van der Waals surface area contributed by atoms with E-state index < -0.39 is 0 Å². The van der Waals surface area contributed by atoms with Crippen LogP contribution in [0.2, 0.25) is 0 Å². The van der Waals surface area contributed by atoms with Gasteiger partial charge < -0.3 is 5.73 Å². The fraction of sp³-hybridized carbons (Fsp3) is 0.571. The van der Waals surface area contributed by atoms with E-state index >= 15 is 0 Å². The Bertz CT molecular complexity index is 352. The molecule has 1 atom stereocenters. The van der Waals surface area contributed by atoms with Crippen molar-refractivity contribution < 1.29 is 4.39 Å². The molecule has 1 nitrogen and oxygen atoms in total. The van der Waals surface area contributed by atoms with Crippen LogP contribution in [-0.4, -0.2) is 0 Å². The molecule has 2 heteroatoms. The van der Waals surface area contributed by atoms with E-state index in [1.807, 2.05) is 13.0 Å². The highest BCUT2D eigenvalue weighted by molar-refractivity contribution is 5.26. The van der Waals surface area contributed by atoms with Crippen molar-refractivity contribution in [1.82, 2.24) is 0 Å². The Morgan fingerprint density at radius 3 is 2.50 bits per heavy atom. The molecule has 1 aromatic carbocycles. The van der Waals surface area contributed by atoms with E-state index in [2.05, 4.69) is 20.8 Å². The second kappa shape index (κ2) is 4.96. The monoisotopic (exact) mass is 223 g/mol. The molecule has 16 heavy (non-hydrogen) atoms. The fourth-order valence-corrected chi connectivity index (χ4v) is 1.69. The van der Waals surface area contributed by atoms with Crippen LogP contribution in [0.5, 0.6) is 0 Å². The van der Waals surface area contributed by atoms with Gasteiger partial charge in [-0.1, -0.05) is 38.5 Å². The molecule has 0 spiro atoms. The number of benzene rings is 1. The molecule has 90 valence electrons. The summed E-state index contributed by atoms with van der Waals surface area (Å²) in [5, 5.41) is 0. The minimum atomic E-state index is -0.195. The molecule has 1 rings (SSSR count). The summed E-state index contributed by atoms with van der Waals surface area (Å²) in [6, 6.07) is 4.93. The largest absolute Gasteiger partial charge is 0.324 e. The lowest BCUT2D eigenvalue weighted by atomic mass is 9.87. The molecule has 0 aliphatic heterocycles. The van der Waals surface area contributed by atoms with Crippen LogP contribution < -0.4 is 5.73 Å². The molecule has 0 saturated carbocycles. The molecule has 0 saturated heterocycles. The van der Waals surface area contributed by atoms with Gasteiger partial charge in [0.1, 0.15) is 5.82 Å². The van der Waals surface area contributed by atoms with Crippen LogP contribution in [0.1, 0.15) is 50.8 Å². The van der Waals surface area contributed by atoms with E-state index in [9.17, 15) is 4.39 Å². The Morgan fingerprint density at radius 1 is 1.31 bits per heavy atom. The topological polar surface area (TPSA) is 26.0 Å². The van der Waals surface area contributed by atoms with Gasteiger partial charge in [0.15, 0.2) is 0 Å². The molecule has 1 unspecified atom stereocenters. The van der Waals surface area contributed by atoms with Crippen molar-refractivity contribution >= 4 is 0 Å². The average molecular weight is 223 g/mol. The second-order valence-corrected chi connectivity index (χ2v) is 5.73. The van der Waals surface area contributed by atoms with E-state index in [-0.39, 0.29) is 17.3 Å². The average Bonchev–Trinajstić information content (AvgIpc) is 2.17. The molecular weight excluding hydrogens is 201 g/mol. The van der Waals surface area contributed by atoms with Crippen LogP contribution in [0, 0.1) is 18.2 Å². The summed E-state index contributed by atoms with van der Waals surface area (Å²) < 4.78 is 13.6. The standard InChI is InChI=1S/C14H22FN/c1-10-5-6-12(15)11(9-10)13(16)7-8-14(2,3)4/h5-6,9,13H,7-8,16H2,1-4H3. The van der Waals surface area contributed by atoms with E-state index in [4.69, 9.17) is 5.73 Å². The summed E-state index contributed by atoms with van der Waals surface area (Å²) in [7, 11) is 0. The number of rotatable bonds is 3. The van der Waals surface area contributed by atoms with Gasteiger partial charge >= 0.3 is 0 Å². The van der Waals surface area contributed by atoms with Crippen molar-refractivity contribution in [2.45, 2.75) is 46.6 Å². The van der Waals surface area contributed by atoms with Crippen LogP contribution >= 0.6 is 0 Å². The van der Waals surface area contributed by atoms with Crippen molar-refractivity contribution in [3.05, 3.63) is 35.1 Å². The maximum atomic E-state index is 13.6. The van der Waals surface area contributed by atoms with Gasteiger partial charge in [-0.3, -0.25) is 0 Å². The molecule has 0 bridgehead atoms. The Labute approximate surface area is 97.9 Å². The lowest BCUT2D eigenvalue weighted by molar-refractivity contribution is 0.347. The minimum Gasteiger partial charge on any atom is -0.324 e. The zero-order valence-corrected chi connectivity index (χ0v) is 10.7. The molecule has 0 amide bonds. The molecule has 0 radical (unpaired) electrons. The zero-order chi connectivity index (χ0) is 12.3. The normalized spacial score (nSPS) is 13.9. The number of aryl methyl sites for hydroxylation is 1. The highest BCUT2D eigenvalue weighted by Crippen LogP contribution is 2.27. The van der Waals surface area contributed by atoms with Gasteiger partial charge in [0.05, 0.1) is 0 Å². The molecule has 0 fully saturated rings. The van der Waals surface area contributed by atoms with E-state index in [0.717, 1.165) is 18.4 Å². The molecule has 0 aliphatic carbocycles. The molecule has 0 heterocycles. The third kappa shape index (κ3) is 3.93. The summed E-state index contributed by atoms with van der Waals surface area (Å²) in [5.41, 5.74) is 7.98. The molecule has 0 aliphatic rings. The summed E-state index contributed by atoms with van der Waals surface area (Å²) >= 11 is 0. The number of halogens is 1. The Hall–Kier alpha value is -0.890. The predicted octanol–water partition coefficient (Wildman–Crippen LogP) is 3.96. The summed E-state index contributed by atoms with van der Waals surface area (Å²) in [4.78, 5) is 0. The van der Waals surface area contributed by atoms with Crippen LogP contribution in [-0.2, 0) is 0 Å². The highest BCUT2D eigenvalue weighted by atomic mass is 19.1. The minimum absolute atomic E-state index is 0.188. The Kier molecular flexibility index (Phi) is 4.09. The van der Waals surface area contributed by atoms with Crippen LogP contribution in [0.4, 0.5) is 4.39 Å². The third-order valence-electron chi connectivity index (χ3n) is 2.76. The smallest absolute Gasteiger partial charge is 0.127 e. The van der Waals surface area contributed by atoms with Crippen molar-refractivity contribution in [3.63, 3.8) is 0 Å². The second-order valence-electron chi connectivity index (χ2n) is 5.73. The van der Waals surface area contributed by atoms with Gasteiger partial charge in [-0.25, -0.2) is 4.39 Å². The summed E-state index contributed by atoms with van der Waals surface area (Å²) in [6.07, 6.45) is 1.82. The number of hydrogen-bond donors (Lipinski definition) is 1. The first-order valence-electron chi connectivity index (χ1n) is 5.81. The van der Waals surface area contributed by atoms with E-state index in [1.165, 1.54) is 6.07 Å². The van der Waals surface area contributed by atoms with E-state index in [1.54, 1.807) is 6.07 Å². The van der Waals surface area contributed by atoms with Crippen LogP contribution in [0.3, 0.4) is 0 Å². The first-order chi connectivity index (χ1) is 7.29. The maximum absolute atomic E-state index is 13.6. The zero-order valence-electron chi connectivity index (χ0n) is 10.7. The third-order valence-corrected chi connectivity index (χ3v) is 2.76. The predicted molar refractivity (Wildman–Crippen MR) is 66.8 cm³/mol. The van der Waals surface area contributed by atoms with Gasteiger partial charge in [-0.05, 0) is 31.2 Å². The van der Waals surface area contributed by atoms with Crippen LogP contribution in [0.25, 0.3) is 0 Å². The molecule has 0 aromatic heterocycles. The van der Waals surface area contributed by atoms with Gasteiger partial charge in [0.25, 0.3) is 0 Å². The molecule has 2 N–H and O–H groups in total. The SMILES string of the molecule is Cc1ccc(F)c(C(N)CCC(C)(C)C)c1. The first-order valence-corrected chi connectivity index (χ1v) is 5.81. The van der Waals surface area contributed by atoms with Gasteiger partial charge in [0.2, 0.25) is 0 Å². The lowest BCUT2D eigenvalue weighted by Crippen LogP contribution is -2.16. The number of hydrogen-bond acceptors (Lipinski definition) is 1. The first kappa shape index (κ1) is 13.2.